The summed E-state index contributed by atoms with van der Waals surface area (Å²) in [6, 6.07) is 11.3. The van der Waals surface area contributed by atoms with Crippen molar-refractivity contribution in [2.75, 3.05) is 5.75 Å². The van der Waals surface area contributed by atoms with Gasteiger partial charge in [0.1, 0.15) is 5.65 Å². The van der Waals surface area contributed by atoms with Crippen LogP contribution < -0.4 is 5.32 Å². The zero-order chi connectivity index (χ0) is 29.3. The first-order valence-electron chi connectivity index (χ1n) is 15.1. The zero-order valence-electron chi connectivity index (χ0n) is 25.0. The maximum Gasteiger partial charge on any atom is 0.251 e. The number of H-pyrrole nitrogens is 1. The Kier molecular flexibility index (Phi) is 8.55. The highest BCUT2D eigenvalue weighted by Crippen LogP contribution is 2.39. The van der Waals surface area contributed by atoms with Gasteiger partial charge in [0.15, 0.2) is 9.84 Å². The van der Waals surface area contributed by atoms with Gasteiger partial charge in [-0.3, -0.25) is 4.79 Å². The number of benzene rings is 2. The summed E-state index contributed by atoms with van der Waals surface area (Å²) in [5, 5.41) is 5.29. The Balaban J connectivity index is 1.55. The first kappa shape index (κ1) is 29.3. The van der Waals surface area contributed by atoms with Crippen LogP contribution in [-0.4, -0.2) is 36.1 Å². The fourth-order valence-corrected chi connectivity index (χ4v) is 7.25. The molecule has 7 heteroatoms. The Bertz CT molecular complexity index is 1690. The molecule has 2 unspecified atom stereocenters. The molecule has 5 rings (SSSR count). The molecule has 2 N–H and O–H groups in total. The first-order chi connectivity index (χ1) is 19.6. The first-order valence-corrected chi connectivity index (χ1v) is 16.8. The fraction of sp³-hybridized carbons (Fsp3) is 0.471. The zero-order valence-corrected chi connectivity index (χ0v) is 25.8. The summed E-state index contributed by atoms with van der Waals surface area (Å²) < 4.78 is 25.5. The van der Waals surface area contributed by atoms with Crippen molar-refractivity contribution in [1.82, 2.24) is 15.3 Å². The maximum absolute atomic E-state index is 13.9. The predicted molar refractivity (Wildman–Crippen MR) is 168 cm³/mol. The predicted octanol–water partition coefficient (Wildman–Crippen LogP) is 7.91. The van der Waals surface area contributed by atoms with E-state index >= 15 is 0 Å². The highest BCUT2D eigenvalue weighted by atomic mass is 32.2. The Morgan fingerprint density at radius 1 is 1.10 bits per heavy atom. The van der Waals surface area contributed by atoms with E-state index in [1.807, 2.05) is 32.2 Å². The molecule has 0 spiro atoms. The van der Waals surface area contributed by atoms with Crippen LogP contribution in [0.4, 0.5) is 0 Å². The molecule has 1 saturated carbocycles. The highest BCUT2D eigenvalue weighted by molar-refractivity contribution is 7.91. The SMILES string of the molecule is CCS(=O)(=O)c1cccc(-c2cc(C(=O)NC3CCCC(CCC(C)C)CC3)c(C)c3[nH]c4ncc(C)cc4c23)c1. The van der Waals surface area contributed by atoms with E-state index in [4.69, 9.17) is 0 Å². The molecule has 2 heterocycles. The summed E-state index contributed by atoms with van der Waals surface area (Å²) in [6.07, 6.45) is 9.93. The molecule has 1 aliphatic carbocycles. The van der Waals surface area contributed by atoms with Gasteiger partial charge in [0, 0.05) is 28.6 Å². The van der Waals surface area contributed by atoms with Gasteiger partial charge in [-0.15, -0.1) is 0 Å². The summed E-state index contributed by atoms with van der Waals surface area (Å²) >= 11 is 0. The summed E-state index contributed by atoms with van der Waals surface area (Å²) in [5.41, 5.74) is 5.73. The topological polar surface area (TPSA) is 91.9 Å². The molecule has 0 radical (unpaired) electrons. The van der Waals surface area contributed by atoms with Gasteiger partial charge in [-0.1, -0.05) is 58.6 Å². The van der Waals surface area contributed by atoms with Crippen LogP contribution in [0.25, 0.3) is 33.1 Å². The molecular formula is C34H43N3O3S. The average molecular weight is 574 g/mol. The molecule has 6 nitrogen and oxygen atoms in total. The van der Waals surface area contributed by atoms with Crippen molar-refractivity contribution < 1.29 is 13.2 Å². The number of amides is 1. The quantitative estimate of drug-likeness (QED) is 0.210. The van der Waals surface area contributed by atoms with Crippen LogP contribution in [0, 0.1) is 25.7 Å². The summed E-state index contributed by atoms with van der Waals surface area (Å²) in [6.45, 7) is 10.2. The van der Waals surface area contributed by atoms with E-state index in [1.165, 1.54) is 19.3 Å². The standard InChI is InChI=1S/C34H43N3O3S/c1-6-41(39,40)27-12-8-10-25(18-27)29-19-28(23(5)32-31(29)30-17-22(4)20-35-33(30)37-32)34(38)36-26-11-7-9-24(15-16-26)14-13-21(2)3/h8,10,12,17-21,24,26H,6-7,9,11,13-16H2,1-5H3,(H,35,37)(H,36,38). The molecule has 1 aliphatic rings. The molecule has 0 aliphatic heterocycles. The number of nitrogens with one attached hydrogen (secondary N) is 2. The number of carbonyl (C=O) groups excluding carboxylic acids is 1. The van der Waals surface area contributed by atoms with Gasteiger partial charge in [-0.2, -0.15) is 0 Å². The monoisotopic (exact) mass is 573 g/mol. The lowest BCUT2D eigenvalue weighted by Crippen LogP contribution is -2.35. The van der Waals surface area contributed by atoms with Crippen LogP contribution in [0.3, 0.4) is 0 Å². The van der Waals surface area contributed by atoms with Crippen LogP contribution in [0.15, 0.2) is 47.5 Å². The smallest absolute Gasteiger partial charge is 0.251 e. The minimum atomic E-state index is -3.39. The van der Waals surface area contributed by atoms with E-state index in [9.17, 15) is 13.2 Å². The Hall–Kier alpha value is -3.19. The third-order valence-electron chi connectivity index (χ3n) is 8.83. The maximum atomic E-state index is 13.9. The van der Waals surface area contributed by atoms with Crippen molar-refractivity contribution in [3.63, 3.8) is 0 Å². The van der Waals surface area contributed by atoms with E-state index in [2.05, 4.69) is 35.2 Å². The Morgan fingerprint density at radius 2 is 1.90 bits per heavy atom. The van der Waals surface area contributed by atoms with Gasteiger partial charge in [0.05, 0.1) is 16.2 Å². The molecule has 2 aromatic carbocycles. The number of rotatable bonds is 8. The summed E-state index contributed by atoms with van der Waals surface area (Å²) in [5.74, 6) is 1.44. The number of aromatic amines is 1. The molecule has 41 heavy (non-hydrogen) atoms. The Labute approximate surface area is 244 Å². The molecule has 218 valence electrons. The number of sulfone groups is 1. The lowest BCUT2D eigenvalue weighted by Gasteiger charge is -2.19. The largest absolute Gasteiger partial charge is 0.349 e. The van der Waals surface area contributed by atoms with Crippen LogP contribution in [0.2, 0.25) is 0 Å². The van der Waals surface area contributed by atoms with E-state index in [-0.39, 0.29) is 22.6 Å². The van der Waals surface area contributed by atoms with Crippen molar-refractivity contribution >= 4 is 37.7 Å². The minimum absolute atomic E-state index is 0.0311. The van der Waals surface area contributed by atoms with Gasteiger partial charge in [0.2, 0.25) is 0 Å². The lowest BCUT2D eigenvalue weighted by atomic mass is 9.92. The molecule has 2 aromatic heterocycles. The minimum Gasteiger partial charge on any atom is -0.349 e. The van der Waals surface area contributed by atoms with Crippen molar-refractivity contribution in [3.05, 3.63) is 59.3 Å². The van der Waals surface area contributed by atoms with Crippen molar-refractivity contribution in [2.24, 2.45) is 11.8 Å². The normalized spacial score (nSPS) is 18.2. The van der Waals surface area contributed by atoms with Crippen molar-refractivity contribution in [3.8, 4) is 11.1 Å². The van der Waals surface area contributed by atoms with Crippen LogP contribution >= 0.6 is 0 Å². The summed E-state index contributed by atoms with van der Waals surface area (Å²) in [7, 11) is -3.39. The number of carbonyl (C=O) groups is 1. The van der Waals surface area contributed by atoms with Crippen molar-refractivity contribution in [2.45, 2.75) is 90.5 Å². The van der Waals surface area contributed by atoms with E-state index in [1.54, 1.807) is 25.1 Å². The van der Waals surface area contributed by atoms with Crippen LogP contribution in [0.1, 0.15) is 87.2 Å². The number of aromatic nitrogens is 2. The van der Waals surface area contributed by atoms with Gasteiger partial charge in [0.25, 0.3) is 5.91 Å². The van der Waals surface area contributed by atoms with Crippen LogP contribution in [0.5, 0.6) is 0 Å². The second-order valence-electron chi connectivity index (χ2n) is 12.3. The molecular weight excluding hydrogens is 530 g/mol. The fourth-order valence-electron chi connectivity index (χ4n) is 6.33. The molecule has 4 aromatic rings. The van der Waals surface area contributed by atoms with Gasteiger partial charge < -0.3 is 10.3 Å². The number of fused-ring (bicyclic) bond motifs is 3. The lowest BCUT2D eigenvalue weighted by molar-refractivity contribution is 0.0932. The van der Waals surface area contributed by atoms with E-state index in [0.717, 1.165) is 81.7 Å². The van der Waals surface area contributed by atoms with Gasteiger partial charge >= 0.3 is 0 Å². The number of hydrogen-bond donors (Lipinski definition) is 2. The average Bonchev–Trinajstić information content (AvgIpc) is 3.18. The second-order valence-corrected chi connectivity index (χ2v) is 14.6. The van der Waals surface area contributed by atoms with Gasteiger partial charge in [-0.05, 0) is 91.5 Å². The van der Waals surface area contributed by atoms with Gasteiger partial charge in [-0.25, -0.2) is 13.4 Å². The molecule has 0 bridgehead atoms. The molecule has 2 atom stereocenters. The van der Waals surface area contributed by atoms with E-state index in [0.29, 0.717) is 5.56 Å². The van der Waals surface area contributed by atoms with Crippen molar-refractivity contribution in [1.29, 1.82) is 0 Å². The molecule has 0 saturated heterocycles. The Morgan fingerprint density at radius 3 is 2.66 bits per heavy atom. The highest BCUT2D eigenvalue weighted by Gasteiger charge is 2.24. The molecule has 1 fully saturated rings. The third kappa shape index (κ3) is 6.20. The molecule has 1 amide bonds. The second kappa shape index (κ2) is 12.0. The number of aryl methyl sites for hydroxylation is 2. The number of hydrogen-bond acceptors (Lipinski definition) is 4. The number of nitrogens with zero attached hydrogens (tertiary/aromatic N) is 1. The summed E-state index contributed by atoms with van der Waals surface area (Å²) in [4.78, 5) is 22.3. The van der Waals surface area contributed by atoms with Crippen LogP contribution in [-0.2, 0) is 9.84 Å². The number of pyridine rings is 1. The van der Waals surface area contributed by atoms with E-state index < -0.39 is 9.84 Å². The third-order valence-corrected chi connectivity index (χ3v) is 10.6.